The molecule has 0 spiro atoms. The first-order chi connectivity index (χ1) is 14.3. The van der Waals surface area contributed by atoms with Crippen LogP contribution in [0.3, 0.4) is 0 Å². The average Bonchev–Trinajstić information content (AvgIpc) is 2.72. The van der Waals surface area contributed by atoms with Crippen LogP contribution < -0.4 is 15.0 Å². The highest BCUT2D eigenvalue weighted by molar-refractivity contribution is 5.81. The van der Waals surface area contributed by atoms with E-state index in [1.807, 2.05) is 24.3 Å². The van der Waals surface area contributed by atoms with Crippen molar-refractivity contribution in [2.24, 2.45) is 0 Å². The summed E-state index contributed by atoms with van der Waals surface area (Å²) < 4.78 is 29.4. The lowest BCUT2D eigenvalue weighted by Gasteiger charge is -2.27. The molecule has 1 aromatic carbocycles. The van der Waals surface area contributed by atoms with Gasteiger partial charge in [-0.3, -0.25) is 0 Å². The lowest BCUT2D eigenvalue weighted by molar-refractivity contribution is 0.0531. The lowest BCUT2D eigenvalue weighted by Crippen LogP contribution is -2.36. The number of alkyl carbamates (subject to hydrolysis) is 1. The zero-order chi connectivity index (χ0) is 21.6. The fourth-order valence-corrected chi connectivity index (χ4v) is 2.95. The van der Waals surface area contributed by atoms with E-state index in [1.54, 1.807) is 26.8 Å². The van der Waals surface area contributed by atoms with Gasteiger partial charge in [0.05, 0.1) is 25.1 Å². The first-order valence-corrected chi connectivity index (χ1v) is 9.95. The average molecular weight is 417 g/mol. The van der Waals surface area contributed by atoms with Gasteiger partial charge < -0.3 is 24.4 Å². The number of halogens is 1. The van der Waals surface area contributed by atoms with Crippen molar-refractivity contribution in [1.82, 2.24) is 10.3 Å². The van der Waals surface area contributed by atoms with Gasteiger partial charge in [0.15, 0.2) is 0 Å². The van der Waals surface area contributed by atoms with Crippen molar-refractivity contribution in [2.75, 3.05) is 44.4 Å². The highest BCUT2D eigenvalue weighted by atomic mass is 19.1. The lowest BCUT2D eigenvalue weighted by atomic mass is 10.2. The molecule has 1 aliphatic rings. The van der Waals surface area contributed by atoms with E-state index in [4.69, 9.17) is 19.2 Å². The van der Waals surface area contributed by atoms with Crippen LogP contribution >= 0.6 is 0 Å². The number of fused-ring (bicyclic) bond motifs is 1. The highest BCUT2D eigenvalue weighted by Gasteiger charge is 2.16. The minimum absolute atomic E-state index is 0.00343. The molecule has 0 bridgehead atoms. The van der Waals surface area contributed by atoms with Crippen LogP contribution in [-0.2, 0) is 9.47 Å². The summed E-state index contributed by atoms with van der Waals surface area (Å²) in [7, 11) is 0. The predicted molar refractivity (Wildman–Crippen MR) is 114 cm³/mol. The molecule has 162 valence electrons. The third-order valence-electron chi connectivity index (χ3n) is 4.42. The van der Waals surface area contributed by atoms with E-state index in [0.717, 1.165) is 29.8 Å². The predicted octanol–water partition coefficient (Wildman–Crippen LogP) is 3.83. The van der Waals surface area contributed by atoms with E-state index in [-0.39, 0.29) is 13.2 Å². The van der Waals surface area contributed by atoms with E-state index >= 15 is 0 Å². The summed E-state index contributed by atoms with van der Waals surface area (Å²) >= 11 is 0. The highest BCUT2D eigenvalue weighted by Crippen LogP contribution is 2.23. The van der Waals surface area contributed by atoms with Crippen LogP contribution in [0.25, 0.3) is 10.9 Å². The second-order valence-corrected chi connectivity index (χ2v) is 8.03. The molecule has 30 heavy (non-hydrogen) atoms. The largest absolute Gasteiger partial charge is 0.489 e. The number of rotatable bonds is 6. The summed E-state index contributed by atoms with van der Waals surface area (Å²) in [5, 5.41) is 3.45. The second-order valence-electron chi connectivity index (χ2n) is 8.03. The minimum atomic E-state index is -0.610. The van der Waals surface area contributed by atoms with Gasteiger partial charge in [0.25, 0.3) is 0 Å². The molecule has 7 nitrogen and oxygen atoms in total. The van der Waals surface area contributed by atoms with E-state index in [9.17, 15) is 9.18 Å². The summed E-state index contributed by atoms with van der Waals surface area (Å²) in [5.74, 6) is 1.52. The monoisotopic (exact) mass is 417 g/mol. The van der Waals surface area contributed by atoms with Gasteiger partial charge >= 0.3 is 6.09 Å². The number of carbonyl (C=O) groups is 1. The number of nitrogens with one attached hydrogen (secondary N) is 1. The fourth-order valence-electron chi connectivity index (χ4n) is 2.95. The maximum Gasteiger partial charge on any atom is 0.407 e. The van der Waals surface area contributed by atoms with Gasteiger partial charge in [0.2, 0.25) is 0 Å². The summed E-state index contributed by atoms with van der Waals surface area (Å²) in [4.78, 5) is 18.6. The van der Waals surface area contributed by atoms with Gasteiger partial charge in [-0.25, -0.2) is 14.2 Å². The number of aromatic nitrogens is 1. The summed E-state index contributed by atoms with van der Waals surface area (Å²) in [6.07, 6.45) is -0.163. The van der Waals surface area contributed by atoms with E-state index in [2.05, 4.69) is 10.2 Å². The Morgan fingerprint density at radius 3 is 2.73 bits per heavy atom. The van der Waals surface area contributed by atoms with Gasteiger partial charge in [0.1, 0.15) is 23.8 Å². The number of carbonyl (C=O) groups excluding carboxylic acids is 1. The fraction of sp³-hybridized carbons (Fsp3) is 0.455. The van der Waals surface area contributed by atoms with Gasteiger partial charge in [-0.15, -0.1) is 0 Å². The molecule has 1 aromatic heterocycles. The molecular weight excluding hydrogens is 389 g/mol. The molecule has 3 rings (SSSR count). The van der Waals surface area contributed by atoms with Crippen LogP contribution in [0.4, 0.5) is 15.0 Å². The molecule has 2 aromatic rings. The molecule has 1 aliphatic heterocycles. The number of ether oxygens (including phenoxy) is 3. The maximum absolute atomic E-state index is 13.2. The quantitative estimate of drug-likeness (QED) is 0.770. The molecule has 1 N–H and O–H groups in total. The van der Waals surface area contributed by atoms with Crippen LogP contribution in [0.15, 0.2) is 42.2 Å². The summed E-state index contributed by atoms with van der Waals surface area (Å²) in [6.45, 7) is 8.38. The Bertz CT molecular complexity index is 905. The Labute approximate surface area is 175 Å². The molecule has 0 radical (unpaired) electrons. The van der Waals surface area contributed by atoms with E-state index < -0.39 is 11.7 Å². The Hall–Kier alpha value is -2.87. The van der Waals surface area contributed by atoms with Crippen LogP contribution in [0.2, 0.25) is 0 Å². The second kappa shape index (κ2) is 9.75. The molecule has 0 saturated carbocycles. The van der Waals surface area contributed by atoms with Crippen LogP contribution in [-0.4, -0.2) is 56.1 Å². The molecule has 1 fully saturated rings. The van der Waals surface area contributed by atoms with Crippen molar-refractivity contribution in [1.29, 1.82) is 0 Å². The third kappa shape index (κ3) is 6.32. The Morgan fingerprint density at radius 2 is 2.03 bits per heavy atom. The number of nitrogens with zero attached hydrogens (tertiary/aromatic N) is 2. The van der Waals surface area contributed by atoms with E-state index in [1.165, 1.54) is 0 Å². The molecule has 0 atom stereocenters. The number of hydrogen-bond donors (Lipinski definition) is 1. The first-order valence-electron chi connectivity index (χ1n) is 9.95. The SMILES string of the molecule is CC(C)(C)OC(=O)NC/C(=C\F)COc1ccc2nc(N3CCOCC3)ccc2c1. The van der Waals surface area contributed by atoms with Crippen molar-refractivity contribution in [3.05, 3.63) is 42.2 Å². The number of pyridine rings is 1. The Kier molecular flexibility index (Phi) is 7.10. The van der Waals surface area contributed by atoms with E-state index in [0.29, 0.717) is 30.9 Å². The Balaban J connectivity index is 1.56. The first kappa shape index (κ1) is 21.8. The van der Waals surface area contributed by atoms with Gasteiger partial charge in [-0.1, -0.05) is 0 Å². The maximum atomic E-state index is 13.2. The summed E-state index contributed by atoms with van der Waals surface area (Å²) in [6, 6.07) is 9.52. The van der Waals surface area contributed by atoms with Gasteiger partial charge in [-0.2, -0.15) is 0 Å². The van der Waals surface area contributed by atoms with Crippen LogP contribution in [0, 0.1) is 0 Å². The van der Waals surface area contributed by atoms with Crippen molar-refractivity contribution in [2.45, 2.75) is 26.4 Å². The molecule has 8 heteroatoms. The number of benzene rings is 1. The van der Waals surface area contributed by atoms with Crippen molar-refractivity contribution in [3.8, 4) is 5.75 Å². The van der Waals surface area contributed by atoms with Crippen LogP contribution in [0.1, 0.15) is 20.8 Å². The molecule has 0 unspecified atom stereocenters. The molecule has 1 amide bonds. The Morgan fingerprint density at radius 1 is 1.27 bits per heavy atom. The van der Waals surface area contributed by atoms with Crippen molar-refractivity contribution >= 4 is 22.8 Å². The smallest absolute Gasteiger partial charge is 0.407 e. The normalized spacial score (nSPS) is 15.2. The molecule has 2 heterocycles. The number of hydrogen-bond acceptors (Lipinski definition) is 6. The number of amides is 1. The number of morpholine rings is 1. The third-order valence-corrected chi connectivity index (χ3v) is 4.42. The minimum Gasteiger partial charge on any atom is -0.489 e. The molecular formula is C22H28FN3O4. The van der Waals surface area contributed by atoms with Crippen LogP contribution in [0.5, 0.6) is 5.75 Å². The van der Waals surface area contributed by atoms with Crippen molar-refractivity contribution < 1.29 is 23.4 Å². The molecule has 1 saturated heterocycles. The topological polar surface area (TPSA) is 72.9 Å². The van der Waals surface area contributed by atoms with Gasteiger partial charge in [0, 0.05) is 30.6 Å². The molecule has 0 aliphatic carbocycles. The zero-order valence-electron chi connectivity index (χ0n) is 17.6. The standard InChI is InChI=1S/C22H28FN3O4/c1-22(2,3)30-21(27)24-14-16(13-23)15-29-18-5-6-19-17(12-18)4-7-20(25-19)26-8-10-28-11-9-26/h4-7,12-13H,8-11,14-15H2,1-3H3,(H,24,27)/b16-13+. The number of anilines is 1. The zero-order valence-corrected chi connectivity index (χ0v) is 17.6. The summed E-state index contributed by atoms with van der Waals surface area (Å²) in [5.41, 5.74) is 0.543. The van der Waals surface area contributed by atoms with Crippen molar-refractivity contribution in [3.63, 3.8) is 0 Å². The van der Waals surface area contributed by atoms with Gasteiger partial charge in [-0.05, 0) is 51.1 Å².